The molecule has 0 amide bonds. The molecule has 0 saturated heterocycles. The van der Waals surface area contributed by atoms with Crippen molar-refractivity contribution in [2.45, 2.75) is 83.2 Å². The van der Waals surface area contributed by atoms with Crippen LogP contribution in [0.4, 0.5) is 0 Å². The Kier molecular flexibility index (Phi) is 6.69. The average molecular weight is 255 g/mol. The zero-order valence-electron chi connectivity index (χ0n) is 12.3. The van der Waals surface area contributed by atoms with Crippen LogP contribution < -0.4 is 5.32 Å². The monoisotopic (exact) mass is 255 g/mol. The van der Waals surface area contributed by atoms with Crippen molar-refractivity contribution in [2.75, 3.05) is 7.11 Å². The number of ether oxygens (including phenoxy) is 1. The van der Waals surface area contributed by atoms with Gasteiger partial charge >= 0.3 is 5.97 Å². The first-order valence-corrected chi connectivity index (χ1v) is 7.54. The van der Waals surface area contributed by atoms with E-state index in [1.807, 2.05) is 0 Å². The molecule has 0 aromatic rings. The van der Waals surface area contributed by atoms with E-state index in [9.17, 15) is 4.79 Å². The molecule has 106 valence electrons. The molecule has 1 saturated carbocycles. The maximum Gasteiger partial charge on any atom is 0.326 e. The van der Waals surface area contributed by atoms with Crippen LogP contribution in [-0.4, -0.2) is 24.7 Å². The number of hydrogen-bond donors (Lipinski definition) is 1. The Morgan fingerprint density at radius 2 is 1.83 bits per heavy atom. The van der Waals surface area contributed by atoms with Gasteiger partial charge in [0, 0.05) is 6.04 Å². The fourth-order valence-corrected chi connectivity index (χ4v) is 3.09. The van der Waals surface area contributed by atoms with Crippen LogP contribution in [0.1, 0.15) is 71.6 Å². The Balaban J connectivity index is 2.71. The molecule has 0 aliphatic heterocycles. The topological polar surface area (TPSA) is 38.3 Å². The molecule has 1 fully saturated rings. The summed E-state index contributed by atoms with van der Waals surface area (Å²) in [4.78, 5) is 12.1. The van der Waals surface area contributed by atoms with Crippen molar-refractivity contribution in [3.05, 3.63) is 0 Å². The summed E-state index contributed by atoms with van der Waals surface area (Å²) in [5, 5.41) is 3.64. The molecule has 0 aromatic heterocycles. The molecule has 0 aromatic carbocycles. The molecule has 1 N–H and O–H groups in total. The second-order valence-electron chi connectivity index (χ2n) is 5.51. The molecule has 1 aliphatic carbocycles. The van der Waals surface area contributed by atoms with Crippen molar-refractivity contribution >= 4 is 5.97 Å². The number of esters is 1. The van der Waals surface area contributed by atoms with E-state index >= 15 is 0 Å². The first kappa shape index (κ1) is 15.5. The maximum absolute atomic E-state index is 12.1. The van der Waals surface area contributed by atoms with Gasteiger partial charge in [0.25, 0.3) is 0 Å². The number of carbonyl (C=O) groups is 1. The smallest absolute Gasteiger partial charge is 0.326 e. The standard InChI is InChI=1S/C15H29NO2/c1-4-12-15(5-2,14(17)18-3)16-13-10-8-6-7-9-11-13/h13,16H,4-12H2,1-3H3. The van der Waals surface area contributed by atoms with Crippen molar-refractivity contribution in [2.24, 2.45) is 0 Å². The van der Waals surface area contributed by atoms with Gasteiger partial charge in [-0.25, -0.2) is 0 Å². The Bertz CT molecular complexity index is 247. The van der Waals surface area contributed by atoms with Crippen molar-refractivity contribution in [1.82, 2.24) is 5.32 Å². The van der Waals surface area contributed by atoms with Crippen molar-refractivity contribution in [1.29, 1.82) is 0 Å². The first-order valence-electron chi connectivity index (χ1n) is 7.54. The highest BCUT2D eigenvalue weighted by atomic mass is 16.5. The van der Waals surface area contributed by atoms with Crippen LogP contribution in [-0.2, 0) is 9.53 Å². The SMILES string of the molecule is CCCC(CC)(NC1CCCCCC1)C(=O)OC. The lowest BCUT2D eigenvalue weighted by Gasteiger charge is -2.35. The number of methoxy groups -OCH3 is 1. The lowest BCUT2D eigenvalue weighted by molar-refractivity contribution is -0.149. The lowest BCUT2D eigenvalue weighted by atomic mass is 9.88. The molecule has 18 heavy (non-hydrogen) atoms. The van der Waals surface area contributed by atoms with Gasteiger partial charge in [0.05, 0.1) is 7.11 Å². The average Bonchev–Trinajstić information content (AvgIpc) is 2.65. The molecule has 0 spiro atoms. The summed E-state index contributed by atoms with van der Waals surface area (Å²) in [6, 6.07) is 0.484. The second kappa shape index (κ2) is 7.78. The van der Waals surface area contributed by atoms with Crippen molar-refractivity contribution in [3.8, 4) is 0 Å². The highest BCUT2D eigenvalue weighted by Crippen LogP contribution is 2.25. The van der Waals surface area contributed by atoms with Gasteiger partial charge in [-0.2, -0.15) is 0 Å². The third-order valence-corrected chi connectivity index (χ3v) is 4.19. The summed E-state index contributed by atoms with van der Waals surface area (Å²) in [6.07, 6.45) is 10.3. The third-order valence-electron chi connectivity index (χ3n) is 4.19. The lowest BCUT2D eigenvalue weighted by Crippen LogP contribution is -2.56. The van der Waals surface area contributed by atoms with Gasteiger partial charge in [0.1, 0.15) is 5.54 Å². The summed E-state index contributed by atoms with van der Waals surface area (Å²) in [6.45, 7) is 4.21. The number of carbonyl (C=O) groups excluding carboxylic acids is 1. The maximum atomic E-state index is 12.1. The summed E-state index contributed by atoms with van der Waals surface area (Å²) in [5.74, 6) is -0.0869. The minimum atomic E-state index is -0.460. The predicted octanol–water partition coefficient (Wildman–Crippen LogP) is 3.42. The van der Waals surface area contributed by atoms with Crippen LogP contribution in [0.15, 0.2) is 0 Å². The van der Waals surface area contributed by atoms with Gasteiger partial charge in [-0.1, -0.05) is 46.0 Å². The molecule has 1 atom stereocenters. The predicted molar refractivity (Wildman–Crippen MR) is 74.6 cm³/mol. The van der Waals surface area contributed by atoms with E-state index in [-0.39, 0.29) is 5.97 Å². The first-order chi connectivity index (χ1) is 8.68. The minimum Gasteiger partial charge on any atom is -0.468 e. The molecule has 1 rings (SSSR count). The van der Waals surface area contributed by atoms with Crippen molar-refractivity contribution < 1.29 is 9.53 Å². The Labute approximate surface area is 112 Å². The molecular formula is C15H29NO2. The molecule has 0 bridgehead atoms. The number of hydrogen-bond acceptors (Lipinski definition) is 3. The van der Waals surface area contributed by atoms with E-state index in [1.54, 1.807) is 0 Å². The number of nitrogens with one attached hydrogen (secondary N) is 1. The number of rotatable bonds is 6. The molecule has 0 radical (unpaired) electrons. The molecule has 1 unspecified atom stereocenters. The molecule has 0 heterocycles. The van der Waals surface area contributed by atoms with E-state index in [0.29, 0.717) is 6.04 Å². The zero-order valence-corrected chi connectivity index (χ0v) is 12.3. The van der Waals surface area contributed by atoms with E-state index < -0.39 is 5.54 Å². The normalized spacial score (nSPS) is 21.1. The molecule has 3 heteroatoms. The largest absolute Gasteiger partial charge is 0.468 e. The van der Waals surface area contributed by atoms with Gasteiger partial charge in [-0.15, -0.1) is 0 Å². The van der Waals surface area contributed by atoms with Gasteiger partial charge < -0.3 is 4.74 Å². The Morgan fingerprint density at radius 3 is 2.28 bits per heavy atom. The van der Waals surface area contributed by atoms with Gasteiger partial charge in [-0.3, -0.25) is 10.1 Å². The fraction of sp³-hybridized carbons (Fsp3) is 0.933. The Hall–Kier alpha value is -0.570. The summed E-state index contributed by atoms with van der Waals surface area (Å²) in [5.41, 5.74) is -0.460. The fourth-order valence-electron chi connectivity index (χ4n) is 3.09. The molecular weight excluding hydrogens is 226 g/mol. The second-order valence-corrected chi connectivity index (χ2v) is 5.51. The summed E-state index contributed by atoms with van der Waals surface area (Å²) >= 11 is 0. The van der Waals surface area contributed by atoms with Crippen LogP contribution in [0.2, 0.25) is 0 Å². The van der Waals surface area contributed by atoms with Crippen LogP contribution in [0.5, 0.6) is 0 Å². The summed E-state index contributed by atoms with van der Waals surface area (Å²) in [7, 11) is 1.50. The zero-order chi connectivity index (χ0) is 13.4. The summed E-state index contributed by atoms with van der Waals surface area (Å²) < 4.78 is 5.03. The van der Waals surface area contributed by atoms with E-state index in [2.05, 4.69) is 19.2 Å². The minimum absolute atomic E-state index is 0.0869. The third kappa shape index (κ3) is 3.98. The highest BCUT2D eigenvalue weighted by Gasteiger charge is 2.38. The van der Waals surface area contributed by atoms with Crippen LogP contribution >= 0.6 is 0 Å². The molecule has 3 nitrogen and oxygen atoms in total. The van der Waals surface area contributed by atoms with Gasteiger partial charge in [0.15, 0.2) is 0 Å². The van der Waals surface area contributed by atoms with Gasteiger partial charge in [-0.05, 0) is 25.7 Å². The van der Waals surface area contributed by atoms with Crippen molar-refractivity contribution in [3.63, 3.8) is 0 Å². The Morgan fingerprint density at radius 1 is 1.22 bits per heavy atom. The van der Waals surface area contributed by atoms with E-state index in [4.69, 9.17) is 4.74 Å². The molecule has 1 aliphatic rings. The van der Waals surface area contributed by atoms with Crippen LogP contribution in [0.25, 0.3) is 0 Å². The van der Waals surface area contributed by atoms with Crippen LogP contribution in [0.3, 0.4) is 0 Å². The van der Waals surface area contributed by atoms with Gasteiger partial charge in [0.2, 0.25) is 0 Å². The van der Waals surface area contributed by atoms with Crippen LogP contribution in [0, 0.1) is 0 Å². The van der Waals surface area contributed by atoms with E-state index in [1.165, 1.54) is 45.6 Å². The van der Waals surface area contributed by atoms with E-state index in [0.717, 1.165) is 19.3 Å². The highest BCUT2D eigenvalue weighted by molar-refractivity contribution is 5.80. The quantitative estimate of drug-likeness (QED) is 0.584.